The van der Waals surface area contributed by atoms with Crippen LogP contribution in [0.3, 0.4) is 0 Å². The van der Waals surface area contributed by atoms with E-state index in [2.05, 4.69) is 20.7 Å². The Morgan fingerprint density at radius 2 is 1.91 bits per heavy atom. The van der Waals surface area contributed by atoms with Crippen LogP contribution in [0.5, 0.6) is 0 Å². The molecule has 0 radical (unpaired) electrons. The molecule has 1 unspecified atom stereocenters. The van der Waals surface area contributed by atoms with E-state index in [1.54, 1.807) is 43.3 Å². The number of rotatable bonds is 7. The standard InChI is InChI=1S/C23H23FN6O5/c1-15(17-7-8-19(25-9-17)30-11-18(24)10-26-30)27-20(31)23(13-29(14-23)22(33)34)28-21(32)35-12-16-5-3-2-4-6-16/h2-11,15H,12-14H2,1H3,(H,27,31)(H,28,32)(H,33,34). The summed E-state index contributed by atoms with van der Waals surface area (Å²) < 4.78 is 19.7. The molecule has 3 aromatic rings. The fourth-order valence-corrected chi connectivity index (χ4v) is 3.61. The first-order chi connectivity index (χ1) is 16.8. The van der Waals surface area contributed by atoms with Crippen LogP contribution in [-0.2, 0) is 16.1 Å². The van der Waals surface area contributed by atoms with Crippen LogP contribution in [0.4, 0.5) is 14.0 Å². The van der Waals surface area contributed by atoms with Gasteiger partial charge in [-0.25, -0.2) is 23.6 Å². The maximum atomic E-state index is 13.2. The predicted octanol–water partition coefficient (Wildman–Crippen LogP) is 2.24. The van der Waals surface area contributed by atoms with Gasteiger partial charge >= 0.3 is 12.2 Å². The van der Waals surface area contributed by atoms with E-state index in [-0.39, 0.29) is 19.7 Å². The van der Waals surface area contributed by atoms with Gasteiger partial charge in [-0.2, -0.15) is 5.10 Å². The number of nitrogens with one attached hydrogen (secondary N) is 2. The first-order valence-corrected chi connectivity index (χ1v) is 10.7. The topological polar surface area (TPSA) is 139 Å². The van der Waals surface area contributed by atoms with E-state index in [9.17, 15) is 23.9 Å². The third-order valence-electron chi connectivity index (χ3n) is 5.58. The molecule has 1 aliphatic heterocycles. The lowest BCUT2D eigenvalue weighted by Crippen LogP contribution is -2.77. The number of amides is 3. The maximum absolute atomic E-state index is 13.2. The van der Waals surface area contributed by atoms with Crippen molar-refractivity contribution in [3.8, 4) is 5.82 Å². The molecule has 1 fully saturated rings. The number of hydrogen-bond acceptors (Lipinski definition) is 6. The van der Waals surface area contributed by atoms with Gasteiger partial charge in [0, 0.05) is 6.20 Å². The number of alkyl carbamates (subject to hydrolysis) is 1. The Balaban J connectivity index is 1.40. The summed E-state index contributed by atoms with van der Waals surface area (Å²) in [6.07, 6.45) is 1.73. The van der Waals surface area contributed by atoms with E-state index in [1.165, 1.54) is 17.1 Å². The van der Waals surface area contributed by atoms with Crippen molar-refractivity contribution in [2.75, 3.05) is 13.1 Å². The molecule has 3 heterocycles. The third kappa shape index (κ3) is 5.37. The molecule has 1 atom stereocenters. The van der Waals surface area contributed by atoms with E-state index >= 15 is 0 Å². The number of carbonyl (C=O) groups excluding carboxylic acids is 2. The number of carbonyl (C=O) groups is 3. The summed E-state index contributed by atoms with van der Waals surface area (Å²) in [4.78, 5) is 42.1. The molecule has 1 aromatic carbocycles. The van der Waals surface area contributed by atoms with Gasteiger partial charge in [-0.1, -0.05) is 36.4 Å². The Morgan fingerprint density at radius 1 is 1.17 bits per heavy atom. The Morgan fingerprint density at radius 3 is 2.51 bits per heavy atom. The molecule has 3 amide bonds. The van der Waals surface area contributed by atoms with Crippen LogP contribution in [0.15, 0.2) is 61.1 Å². The molecular formula is C23H23FN6O5. The number of carboxylic acid groups (broad SMARTS) is 1. The molecule has 4 rings (SSSR count). The van der Waals surface area contributed by atoms with E-state index in [4.69, 9.17) is 4.74 Å². The zero-order valence-corrected chi connectivity index (χ0v) is 18.7. The Labute approximate surface area is 199 Å². The van der Waals surface area contributed by atoms with Crippen molar-refractivity contribution < 1.29 is 28.6 Å². The van der Waals surface area contributed by atoms with Crippen LogP contribution in [-0.4, -0.2) is 61.5 Å². The predicted molar refractivity (Wildman–Crippen MR) is 120 cm³/mol. The molecule has 182 valence electrons. The minimum atomic E-state index is -1.47. The first-order valence-electron chi connectivity index (χ1n) is 10.7. The highest BCUT2D eigenvalue weighted by Gasteiger charge is 2.53. The van der Waals surface area contributed by atoms with Crippen molar-refractivity contribution in [3.05, 3.63) is 78.0 Å². The Kier molecular flexibility index (Phi) is 6.62. The molecule has 0 spiro atoms. The summed E-state index contributed by atoms with van der Waals surface area (Å²) in [5.74, 6) is -0.656. The average molecular weight is 482 g/mol. The average Bonchev–Trinajstić information content (AvgIpc) is 3.26. The van der Waals surface area contributed by atoms with Crippen LogP contribution in [0, 0.1) is 5.82 Å². The van der Waals surface area contributed by atoms with E-state index < -0.39 is 35.5 Å². The van der Waals surface area contributed by atoms with Gasteiger partial charge in [0.2, 0.25) is 5.91 Å². The van der Waals surface area contributed by atoms with Crippen molar-refractivity contribution in [2.24, 2.45) is 0 Å². The maximum Gasteiger partial charge on any atom is 0.408 e. The number of benzene rings is 1. The molecule has 0 bridgehead atoms. The van der Waals surface area contributed by atoms with E-state index in [0.717, 1.165) is 16.7 Å². The lowest BCUT2D eigenvalue weighted by atomic mass is 9.88. The fourth-order valence-electron chi connectivity index (χ4n) is 3.61. The van der Waals surface area contributed by atoms with Crippen molar-refractivity contribution in [2.45, 2.75) is 25.1 Å². The normalized spacial score (nSPS) is 15.0. The highest BCUT2D eigenvalue weighted by molar-refractivity contribution is 5.93. The fraction of sp³-hybridized carbons (Fsp3) is 0.261. The van der Waals surface area contributed by atoms with Gasteiger partial charge in [-0.15, -0.1) is 0 Å². The van der Waals surface area contributed by atoms with Crippen LogP contribution < -0.4 is 10.6 Å². The van der Waals surface area contributed by atoms with Crippen LogP contribution in [0.2, 0.25) is 0 Å². The second kappa shape index (κ2) is 9.79. The summed E-state index contributed by atoms with van der Waals surface area (Å²) in [6.45, 7) is 1.28. The van der Waals surface area contributed by atoms with Gasteiger partial charge in [0.05, 0.1) is 31.5 Å². The second-order valence-electron chi connectivity index (χ2n) is 8.16. The monoisotopic (exact) mass is 482 g/mol. The molecule has 0 aliphatic carbocycles. The molecular weight excluding hydrogens is 459 g/mol. The second-order valence-corrected chi connectivity index (χ2v) is 8.16. The number of hydrogen-bond donors (Lipinski definition) is 3. The van der Waals surface area contributed by atoms with Crippen LogP contribution >= 0.6 is 0 Å². The van der Waals surface area contributed by atoms with Crippen molar-refractivity contribution >= 4 is 18.1 Å². The van der Waals surface area contributed by atoms with E-state index in [1.807, 2.05) is 6.07 Å². The zero-order valence-electron chi connectivity index (χ0n) is 18.7. The van der Waals surface area contributed by atoms with Crippen molar-refractivity contribution in [1.82, 2.24) is 30.3 Å². The summed E-state index contributed by atoms with van der Waals surface area (Å²) >= 11 is 0. The zero-order chi connectivity index (χ0) is 25.0. The minimum Gasteiger partial charge on any atom is -0.465 e. The molecule has 1 aliphatic rings. The Hall–Kier alpha value is -4.48. The molecule has 35 heavy (non-hydrogen) atoms. The number of pyridine rings is 1. The van der Waals surface area contributed by atoms with Crippen molar-refractivity contribution in [3.63, 3.8) is 0 Å². The minimum absolute atomic E-state index is 0.00158. The van der Waals surface area contributed by atoms with Crippen LogP contribution in [0.1, 0.15) is 24.1 Å². The molecule has 2 aromatic heterocycles. The number of halogens is 1. The van der Waals surface area contributed by atoms with Gasteiger partial charge in [-0.05, 0) is 24.1 Å². The van der Waals surface area contributed by atoms with Crippen molar-refractivity contribution in [1.29, 1.82) is 0 Å². The van der Waals surface area contributed by atoms with Gasteiger partial charge < -0.3 is 25.4 Å². The lowest BCUT2D eigenvalue weighted by Gasteiger charge is -2.47. The SMILES string of the molecule is CC(NC(=O)C1(NC(=O)OCc2ccccc2)CN(C(=O)O)C1)c1ccc(-n2cc(F)cn2)nc1. The summed E-state index contributed by atoms with van der Waals surface area (Å²) in [7, 11) is 0. The van der Waals surface area contributed by atoms with E-state index in [0.29, 0.717) is 11.4 Å². The third-order valence-corrected chi connectivity index (χ3v) is 5.58. The van der Waals surface area contributed by atoms with Gasteiger partial charge in [0.1, 0.15) is 6.61 Å². The quantitative estimate of drug-likeness (QED) is 0.469. The highest BCUT2D eigenvalue weighted by atomic mass is 19.1. The summed E-state index contributed by atoms with van der Waals surface area (Å²) in [6, 6.07) is 11.8. The van der Waals surface area contributed by atoms with Gasteiger partial charge in [0.25, 0.3) is 0 Å². The number of nitrogens with zero attached hydrogens (tertiary/aromatic N) is 4. The molecule has 1 saturated heterocycles. The molecule has 11 nitrogen and oxygen atoms in total. The highest BCUT2D eigenvalue weighted by Crippen LogP contribution is 2.24. The summed E-state index contributed by atoms with van der Waals surface area (Å²) in [5.41, 5.74) is -0.0595. The van der Waals surface area contributed by atoms with Gasteiger partial charge in [-0.3, -0.25) is 4.79 Å². The van der Waals surface area contributed by atoms with Gasteiger partial charge in [0.15, 0.2) is 17.2 Å². The van der Waals surface area contributed by atoms with Crippen LogP contribution in [0.25, 0.3) is 5.82 Å². The summed E-state index contributed by atoms with van der Waals surface area (Å²) in [5, 5.41) is 18.4. The number of likely N-dealkylation sites (tertiary alicyclic amines) is 1. The molecule has 0 saturated carbocycles. The number of aromatic nitrogens is 3. The smallest absolute Gasteiger partial charge is 0.408 e. The Bertz CT molecular complexity index is 1210. The lowest BCUT2D eigenvalue weighted by molar-refractivity contribution is -0.134. The largest absolute Gasteiger partial charge is 0.465 e. The molecule has 12 heteroatoms. The first kappa shape index (κ1) is 23.7. The number of ether oxygens (including phenoxy) is 1. The molecule has 3 N–H and O–H groups in total.